The van der Waals surface area contributed by atoms with Gasteiger partial charge in [0.25, 0.3) is 0 Å². The van der Waals surface area contributed by atoms with Crippen molar-refractivity contribution < 1.29 is 13.9 Å². The molecule has 0 amide bonds. The Morgan fingerprint density at radius 1 is 0.889 bits per heavy atom. The van der Waals surface area contributed by atoms with Crippen LogP contribution in [0.2, 0.25) is 0 Å². The molecule has 4 rings (SSSR count). The van der Waals surface area contributed by atoms with Gasteiger partial charge in [0.05, 0.1) is 18.1 Å². The maximum Gasteiger partial charge on any atom is 0.193 e. The average molecular weight is 358 g/mol. The van der Waals surface area contributed by atoms with Gasteiger partial charge < -0.3 is 13.9 Å². The van der Waals surface area contributed by atoms with Gasteiger partial charge in [-0.25, -0.2) is 0 Å². The maximum atomic E-state index is 12.5. The molecule has 1 heterocycles. The van der Waals surface area contributed by atoms with Gasteiger partial charge in [0.15, 0.2) is 16.9 Å². The number of benzene rings is 3. The summed E-state index contributed by atoms with van der Waals surface area (Å²) in [6.45, 7) is 0.381. The molecule has 27 heavy (non-hydrogen) atoms. The zero-order chi connectivity index (χ0) is 18.6. The molecule has 0 saturated carbocycles. The lowest BCUT2D eigenvalue weighted by molar-refractivity contribution is 0.285. The van der Waals surface area contributed by atoms with Crippen molar-refractivity contribution >= 4 is 11.0 Å². The van der Waals surface area contributed by atoms with Crippen LogP contribution >= 0.6 is 0 Å². The van der Waals surface area contributed by atoms with E-state index in [1.54, 1.807) is 19.2 Å². The second-order valence-electron chi connectivity index (χ2n) is 6.08. The third kappa shape index (κ3) is 3.42. The number of rotatable bonds is 5. The predicted molar refractivity (Wildman–Crippen MR) is 105 cm³/mol. The first-order valence-electron chi connectivity index (χ1n) is 8.63. The standard InChI is InChI=1S/C23H18O4/c1-25-21-13-7-11-18(23(21)26-15-16-8-3-2-4-9-16)22-14-19(24)17-10-5-6-12-20(17)27-22/h2-14H,15H2,1H3. The Balaban J connectivity index is 1.80. The summed E-state index contributed by atoms with van der Waals surface area (Å²) in [6, 6.07) is 24.1. The third-order valence-corrected chi connectivity index (χ3v) is 4.32. The van der Waals surface area contributed by atoms with E-state index in [2.05, 4.69) is 0 Å². The Morgan fingerprint density at radius 2 is 1.67 bits per heavy atom. The van der Waals surface area contributed by atoms with E-state index in [1.165, 1.54) is 6.07 Å². The van der Waals surface area contributed by atoms with Crippen molar-refractivity contribution in [2.75, 3.05) is 7.11 Å². The summed E-state index contributed by atoms with van der Waals surface area (Å²) in [5, 5.41) is 0.552. The van der Waals surface area contributed by atoms with E-state index < -0.39 is 0 Å². The van der Waals surface area contributed by atoms with E-state index >= 15 is 0 Å². The summed E-state index contributed by atoms with van der Waals surface area (Å²) in [4.78, 5) is 12.5. The molecule has 0 fully saturated rings. The van der Waals surface area contributed by atoms with Crippen LogP contribution in [0.15, 0.2) is 88.1 Å². The van der Waals surface area contributed by atoms with Crippen LogP contribution < -0.4 is 14.9 Å². The summed E-state index contributed by atoms with van der Waals surface area (Å²) in [7, 11) is 1.59. The largest absolute Gasteiger partial charge is 0.493 e. The van der Waals surface area contributed by atoms with Crippen molar-refractivity contribution in [2.45, 2.75) is 6.61 Å². The summed E-state index contributed by atoms with van der Waals surface area (Å²) < 4.78 is 17.5. The highest BCUT2D eigenvalue weighted by Crippen LogP contribution is 2.38. The molecule has 1 aromatic heterocycles. The van der Waals surface area contributed by atoms with E-state index in [1.807, 2.05) is 60.7 Å². The monoisotopic (exact) mass is 358 g/mol. The van der Waals surface area contributed by atoms with E-state index in [0.717, 1.165) is 5.56 Å². The topological polar surface area (TPSA) is 48.7 Å². The zero-order valence-electron chi connectivity index (χ0n) is 14.8. The summed E-state index contributed by atoms with van der Waals surface area (Å²) >= 11 is 0. The van der Waals surface area contributed by atoms with Gasteiger partial charge in [-0.2, -0.15) is 0 Å². The fourth-order valence-corrected chi connectivity index (χ4v) is 2.99. The molecule has 134 valence electrons. The fraction of sp³-hybridized carbons (Fsp3) is 0.0870. The second-order valence-corrected chi connectivity index (χ2v) is 6.08. The summed E-state index contributed by atoms with van der Waals surface area (Å²) in [5.41, 5.74) is 2.16. The van der Waals surface area contributed by atoms with E-state index in [4.69, 9.17) is 13.9 Å². The lowest BCUT2D eigenvalue weighted by Crippen LogP contribution is -2.02. The number of hydrogen-bond acceptors (Lipinski definition) is 4. The minimum absolute atomic E-state index is 0.0938. The molecule has 0 N–H and O–H groups in total. The van der Waals surface area contributed by atoms with Crippen LogP contribution in [0.5, 0.6) is 11.5 Å². The molecule has 0 spiro atoms. The third-order valence-electron chi connectivity index (χ3n) is 4.32. The van der Waals surface area contributed by atoms with Gasteiger partial charge in [0, 0.05) is 6.07 Å². The predicted octanol–water partition coefficient (Wildman–Crippen LogP) is 5.05. The summed E-state index contributed by atoms with van der Waals surface area (Å²) in [6.07, 6.45) is 0. The Labute approximate surface area is 156 Å². The molecule has 3 aromatic carbocycles. The smallest absolute Gasteiger partial charge is 0.193 e. The van der Waals surface area contributed by atoms with Crippen LogP contribution in [-0.4, -0.2) is 7.11 Å². The van der Waals surface area contributed by atoms with E-state index in [9.17, 15) is 4.79 Å². The van der Waals surface area contributed by atoms with Crippen LogP contribution in [0.3, 0.4) is 0 Å². The van der Waals surface area contributed by atoms with Crippen LogP contribution in [0, 0.1) is 0 Å². The van der Waals surface area contributed by atoms with E-state index in [0.29, 0.717) is 40.4 Å². The maximum absolute atomic E-state index is 12.5. The van der Waals surface area contributed by atoms with Gasteiger partial charge >= 0.3 is 0 Å². The first-order valence-corrected chi connectivity index (χ1v) is 8.63. The average Bonchev–Trinajstić information content (AvgIpc) is 2.72. The van der Waals surface area contributed by atoms with Crippen molar-refractivity contribution in [3.63, 3.8) is 0 Å². The van der Waals surface area contributed by atoms with Gasteiger partial charge in [-0.15, -0.1) is 0 Å². The van der Waals surface area contributed by atoms with Gasteiger partial charge in [-0.3, -0.25) is 4.79 Å². The Bertz CT molecular complexity index is 1130. The molecule has 4 heteroatoms. The Morgan fingerprint density at radius 3 is 2.48 bits per heavy atom. The van der Waals surface area contributed by atoms with Gasteiger partial charge in [0.2, 0.25) is 0 Å². The van der Waals surface area contributed by atoms with Crippen molar-refractivity contribution in [2.24, 2.45) is 0 Å². The van der Waals surface area contributed by atoms with E-state index in [-0.39, 0.29) is 5.43 Å². The highest BCUT2D eigenvalue weighted by atomic mass is 16.5. The van der Waals surface area contributed by atoms with Crippen LogP contribution in [0.4, 0.5) is 0 Å². The SMILES string of the molecule is COc1cccc(-c2cc(=O)c3ccccc3o2)c1OCc1ccccc1. The number of hydrogen-bond donors (Lipinski definition) is 0. The minimum atomic E-state index is -0.0938. The van der Waals surface area contributed by atoms with Crippen LogP contribution in [0.1, 0.15) is 5.56 Å². The normalized spacial score (nSPS) is 10.7. The molecule has 0 aliphatic heterocycles. The Hall–Kier alpha value is -3.53. The highest BCUT2D eigenvalue weighted by Gasteiger charge is 2.16. The van der Waals surface area contributed by atoms with Crippen LogP contribution in [-0.2, 0) is 6.61 Å². The molecule has 4 aromatic rings. The lowest BCUT2D eigenvalue weighted by atomic mass is 10.1. The molecule has 0 bridgehead atoms. The van der Waals surface area contributed by atoms with Gasteiger partial charge in [0.1, 0.15) is 18.0 Å². The number of para-hydroxylation sites is 2. The molecule has 4 nitrogen and oxygen atoms in total. The van der Waals surface area contributed by atoms with Crippen molar-refractivity contribution in [1.29, 1.82) is 0 Å². The number of methoxy groups -OCH3 is 1. The lowest BCUT2D eigenvalue weighted by Gasteiger charge is -2.15. The zero-order valence-corrected chi connectivity index (χ0v) is 14.8. The second kappa shape index (κ2) is 7.38. The molecule has 0 atom stereocenters. The van der Waals surface area contributed by atoms with Crippen molar-refractivity contribution in [1.82, 2.24) is 0 Å². The molecule has 0 aliphatic carbocycles. The summed E-state index contributed by atoms with van der Waals surface area (Å²) in [5.74, 6) is 1.57. The Kier molecular flexibility index (Phi) is 4.62. The van der Waals surface area contributed by atoms with Crippen LogP contribution in [0.25, 0.3) is 22.3 Å². The highest BCUT2D eigenvalue weighted by molar-refractivity contribution is 5.80. The number of ether oxygens (including phenoxy) is 2. The van der Waals surface area contributed by atoms with Gasteiger partial charge in [-0.1, -0.05) is 48.5 Å². The molecule has 0 aliphatic rings. The molecule has 0 saturated heterocycles. The molecule has 0 radical (unpaired) electrons. The number of fused-ring (bicyclic) bond motifs is 1. The van der Waals surface area contributed by atoms with Crippen molar-refractivity contribution in [3.05, 3.63) is 94.6 Å². The quantitative estimate of drug-likeness (QED) is 0.501. The molecular weight excluding hydrogens is 340 g/mol. The first-order chi connectivity index (χ1) is 13.3. The first kappa shape index (κ1) is 16.9. The molecular formula is C23H18O4. The fourth-order valence-electron chi connectivity index (χ4n) is 2.99. The minimum Gasteiger partial charge on any atom is -0.493 e. The van der Waals surface area contributed by atoms with Crippen molar-refractivity contribution in [3.8, 4) is 22.8 Å². The van der Waals surface area contributed by atoms with Gasteiger partial charge in [-0.05, 0) is 29.8 Å². The molecule has 0 unspecified atom stereocenters.